The van der Waals surface area contributed by atoms with E-state index in [1.807, 2.05) is 16.2 Å². The molecule has 2 aromatic heterocycles. The molecule has 0 bridgehead atoms. The number of rotatable bonds is 5. The first-order valence-corrected chi connectivity index (χ1v) is 13.0. The van der Waals surface area contributed by atoms with Crippen molar-refractivity contribution >= 4 is 33.3 Å². The molecule has 0 unspecified atom stereocenters. The maximum absolute atomic E-state index is 13.2. The molecule has 1 aliphatic carbocycles. The van der Waals surface area contributed by atoms with Crippen LogP contribution in [0.1, 0.15) is 59.7 Å². The maximum atomic E-state index is 13.2. The van der Waals surface area contributed by atoms with Gasteiger partial charge in [0.15, 0.2) is 0 Å². The van der Waals surface area contributed by atoms with Gasteiger partial charge in [0.25, 0.3) is 5.91 Å². The topological polar surface area (TPSA) is 49.3 Å². The molecule has 1 amide bonds. The summed E-state index contributed by atoms with van der Waals surface area (Å²) in [7, 11) is 0. The van der Waals surface area contributed by atoms with Crippen LogP contribution in [0.15, 0.2) is 24.3 Å². The summed E-state index contributed by atoms with van der Waals surface area (Å²) in [5.74, 6) is 2.37. The highest BCUT2D eigenvalue weighted by molar-refractivity contribution is 7.19. The Bertz CT molecular complexity index is 1150. The molecular weight excluding hydrogens is 435 g/mol. The lowest BCUT2D eigenvalue weighted by Gasteiger charge is -2.36. The molecule has 0 saturated carbocycles. The van der Waals surface area contributed by atoms with Crippen LogP contribution >= 0.6 is 11.3 Å². The van der Waals surface area contributed by atoms with Crippen molar-refractivity contribution in [3.8, 4) is 0 Å². The number of benzene rings is 1. The van der Waals surface area contributed by atoms with E-state index in [2.05, 4.69) is 18.7 Å². The van der Waals surface area contributed by atoms with Gasteiger partial charge in [0.05, 0.1) is 5.39 Å². The van der Waals surface area contributed by atoms with E-state index in [4.69, 9.17) is 9.97 Å². The normalized spacial score (nSPS) is 18.6. The van der Waals surface area contributed by atoms with E-state index in [0.717, 1.165) is 67.6 Å². The number of carbonyl (C=O) groups is 1. The average molecular weight is 467 g/mol. The molecule has 33 heavy (non-hydrogen) atoms. The maximum Gasteiger partial charge on any atom is 0.253 e. The van der Waals surface area contributed by atoms with Crippen molar-refractivity contribution in [3.63, 3.8) is 0 Å². The van der Waals surface area contributed by atoms with Crippen molar-refractivity contribution < 1.29 is 9.18 Å². The number of amides is 1. The third-order valence-electron chi connectivity index (χ3n) is 6.89. The molecule has 0 spiro atoms. The number of thiophene rings is 1. The quantitative estimate of drug-likeness (QED) is 0.515. The van der Waals surface area contributed by atoms with Crippen LogP contribution in [0.3, 0.4) is 0 Å². The summed E-state index contributed by atoms with van der Waals surface area (Å²) >= 11 is 1.86. The van der Waals surface area contributed by atoms with Crippen molar-refractivity contribution in [3.05, 3.63) is 51.9 Å². The molecule has 5 nitrogen and oxygen atoms in total. The van der Waals surface area contributed by atoms with Crippen LogP contribution in [0.4, 0.5) is 10.2 Å². The first-order valence-electron chi connectivity index (χ1n) is 12.1. The first kappa shape index (κ1) is 22.3. The number of hydrogen-bond acceptors (Lipinski definition) is 5. The van der Waals surface area contributed by atoms with E-state index in [-0.39, 0.29) is 11.7 Å². The van der Waals surface area contributed by atoms with E-state index >= 15 is 0 Å². The molecule has 1 aliphatic heterocycles. The van der Waals surface area contributed by atoms with E-state index < -0.39 is 0 Å². The Kier molecular flexibility index (Phi) is 6.32. The highest BCUT2D eigenvalue weighted by Gasteiger charge is 2.28. The Morgan fingerprint density at radius 1 is 1.15 bits per heavy atom. The van der Waals surface area contributed by atoms with Crippen LogP contribution in [0.25, 0.3) is 10.2 Å². The van der Waals surface area contributed by atoms with Crippen LogP contribution in [-0.2, 0) is 19.3 Å². The third-order valence-corrected chi connectivity index (χ3v) is 8.04. The fourth-order valence-corrected chi connectivity index (χ4v) is 6.33. The molecule has 3 aromatic rings. The summed E-state index contributed by atoms with van der Waals surface area (Å²) in [6.45, 7) is 7.29. The van der Waals surface area contributed by atoms with Gasteiger partial charge in [-0.1, -0.05) is 20.3 Å². The van der Waals surface area contributed by atoms with Gasteiger partial charge in [-0.25, -0.2) is 14.4 Å². The lowest BCUT2D eigenvalue weighted by Crippen LogP contribution is -2.49. The number of nitrogens with zero attached hydrogens (tertiary/aromatic N) is 4. The molecule has 174 valence electrons. The number of aromatic nitrogens is 2. The third kappa shape index (κ3) is 4.47. The zero-order valence-corrected chi connectivity index (χ0v) is 20.3. The molecule has 1 fully saturated rings. The standard InChI is InChI=1S/C26H31FN4OS/c1-3-4-5-22-28-24(23-20-11-6-17(2)16-21(20)33-25(23)29-22)30-12-14-31(15-13-30)26(32)18-7-9-19(27)10-8-18/h7-10,17H,3-6,11-16H2,1-2H3/t17-/m0/s1. The largest absolute Gasteiger partial charge is 0.352 e. The lowest BCUT2D eigenvalue weighted by molar-refractivity contribution is 0.0746. The molecule has 5 rings (SSSR count). The number of halogens is 1. The van der Waals surface area contributed by atoms with Gasteiger partial charge >= 0.3 is 0 Å². The molecule has 3 heterocycles. The minimum atomic E-state index is -0.323. The Morgan fingerprint density at radius 3 is 2.64 bits per heavy atom. The molecule has 0 radical (unpaired) electrons. The molecule has 1 saturated heterocycles. The molecule has 0 N–H and O–H groups in total. The monoisotopic (exact) mass is 466 g/mol. The van der Waals surface area contributed by atoms with Crippen LogP contribution in [0, 0.1) is 11.7 Å². The molecule has 1 atom stereocenters. The number of carbonyl (C=O) groups excluding carboxylic acids is 1. The van der Waals surface area contributed by atoms with Crippen LogP contribution in [0.2, 0.25) is 0 Å². The summed E-state index contributed by atoms with van der Waals surface area (Å²) in [4.78, 5) is 29.8. The van der Waals surface area contributed by atoms with Crippen molar-refractivity contribution in [2.75, 3.05) is 31.1 Å². The van der Waals surface area contributed by atoms with E-state index in [1.54, 1.807) is 12.1 Å². The van der Waals surface area contributed by atoms with Crippen LogP contribution in [-0.4, -0.2) is 47.0 Å². The van der Waals surface area contributed by atoms with Crippen molar-refractivity contribution in [2.24, 2.45) is 5.92 Å². The van der Waals surface area contributed by atoms with E-state index in [0.29, 0.717) is 18.7 Å². The highest BCUT2D eigenvalue weighted by atomic mass is 32.1. The summed E-state index contributed by atoms with van der Waals surface area (Å²) in [5.41, 5.74) is 1.99. The second kappa shape index (κ2) is 9.37. The summed E-state index contributed by atoms with van der Waals surface area (Å²) in [6.07, 6.45) is 6.58. The summed E-state index contributed by atoms with van der Waals surface area (Å²) in [5, 5.41) is 1.25. The van der Waals surface area contributed by atoms with Gasteiger partial charge < -0.3 is 9.80 Å². The minimum Gasteiger partial charge on any atom is -0.352 e. The van der Waals surface area contributed by atoms with Crippen molar-refractivity contribution in [2.45, 2.75) is 52.4 Å². The zero-order chi connectivity index (χ0) is 22.9. The van der Waals surface area contributed by atoms with Gasteiger partial charge in [0, 0.05) is 43.0 Å². The number of piperazine rings is 1. The number of aryl methyl sites for hydroxylation is 2. The van der Waals surface area contributed by atoms with E-state index in [9.17, 15) is 9.18 Å². The second-order valence-corrected chi connectivity index (χ2v) is 10.5. The van der Waals surface area contributed by atoms with Crippen molar-refractivity contribution in [1.82, 2.24) is 14.9 Å². The zero-order valence-electron chi connectivity index (χ0n) is 19.4. The van der Waals surface area contributed by atoms with Gasteiger partial charge in [-0.2, -0.15) is 0 Å². The number of hydrogen-bond donors (Lipinski definition) is 0. The molecule has 7 heteroatoms. The lowest BCUT2D eigenvalue weighted by atomic mass is 9.89. The Morgan fingerprint density at radius 2 is 1.91 bits per heavy atom. The van der Waals surface area contributed by atoms with Gasteiger partial charge in [0.2, 0.25) is 0 Å². The van der Waals surface area contributed by atoms with Gasteiger partial charge in [0.1, 0.15) is 22.3 Å². The SMILES string of the molecule is CCCCc1nc(N2CCN(C(=O)c3ccc(F)cc3)CC2)c2c3c(sc2n1)C[C@@H](C)CC3. The Labute approximate surface area is 198 Å². The fraction of sp³-hybridized carbons (Fsp3) is 0.500. The van der Waals surface area contributed by atoms with Gasteiger partial charge in [-0.15, -0.1) is 11.3 Å². The van der Waals surface area contributed by atoms with E-state index in [1.165, 1.54) is 34.4 Å². The fourth-order valence-electron chi connectivity index (χ4n) is 4.94. The molecule has 1 aromatic carbocycles. The summed E-state index contributed by atoms with van der Waals surface area (Å²) in [6, 6.07) is 5.83. The van der Waals surface area contributed by atoms with Crippen LogP contribution in [0.5, 0.6) is 0 Å². The highest BCUT2D eigenvalue weighted by Crippen LogP contribution is 2.41. The second-order valence-electron chi connectivity index (χ2n) is 9.39. The first-order chi connectivity index (χ1) is 16.0. The molecular formula is C26H31FN4OS. The summed E-state index contributed by atoms with van der Waals surface area (Å²) < 4.78 is 13.2. The number of anilines is 1. The predicted molar refractivity (Wildman–Crippen MR) is 132 cm³/mol. The van der Waals surface area contributed by atoms with Gasteiger partial charge in [-0.3, -0.25) is 4.79 Å². The Balaban J connectivity index is 1.41. The van der Waals surface area contributed by atoms with Crippen LogP contribution < -0.4 is 4.90 Å². The Hall–Kier alpha value is -2.54. The number of unbranched alkanes of at least 4 members (excludes halogenated alkanes) is 1. The molecule has 2 aliphatic rings. The smallest absolute Gasteiger partial charge is 0.253 e. The minimum absolute atomic E-state index is 0.0342. The van der Waals surface area contributed by atoms with Crippen molar-refractivity contribution in [1.29, 1.82) is 0 Å². The number of fused-ring (bicyclic) bond motifs is 3. The average Bonchev–Trinajstić information content (AvgIpc) is 3.19. The predicted octanol–water partition coefficient (Wildman–Crippen LogP) is 5.26. The van der Waals surface area contributed by atoms with Gasteiger partial charge in [-0.05, 0) is 61.4 Å².